The Balaban J connectivity index is 1.62. The van der Waals surface area contributed by atoms with Crippen LogP contribution in [0.25, 0.3) is 5.13 Å². The van der Waals surface area contributed by atoms with E-state index in [4.69, 9.17) is 0 Å². The predicted octanol–water partition coefficient (Wildman–Crippen LogP) is 3.59. The van der Waals surface area contributed by atoms with Crippen LogP contribution in [0.3, 0.4) is 0 Å². The number of hydrogen-bond acceptors (Lipinski definition) is 5. The second kappa shape index (κ2) is 7.53. The molecule has 0 radical (unpaired) electrons. The Bertz CT molecular complexity index is 1120. The zero-order valence-corrected chi connectivity index (χ0v) is 17.8. The van der Waals surface area contributed by atoms with Crippen molar-refractivity contribution in [3.63, 3.8) is 0 Å². The number of hydrogen-bond donors (Lipinski definition) is 1. The summed E-state index contributed by atoms with van der Waals surface area (Å²) >= 11 is 1.48. The molecule has 1 atom stereocenters. The zero-order chi connectivity index (χ0) is 21.5. The summed E-state index contributed by atoms with van der Waals surface area (Å²) in [5.74, 6) is -0.683. The lowest BCUT2D eigenvalue weighted by molar-refractivity contribution is -0.131. The summed E-state index contributed by atoms with van der Waals surface area (Å²) in [6, 6.07) is 10.4. The number of amides is 3. The average molecular weight is 423 g/mol. The third-order valence-corrected chi connectivity index (χ3v) is 6.37. The number of rotatable bonds is 6. The molecule has 1 aliphatic heterocycles. The van der Waals surface area contributed by atoms with Crippen LogP contribution in [0, 0.1) is 13.8 Å². The number of nitrogens with one attached hydrogen (secondary N) is 1. The minimum Gasteiger partial charge on any atom is -0.319 e. The number of carbonyl (C=O) groups excluding carboxylic acids is 3. The van der Waals surface area contributed by atoms with Gasteiger partial charge in [-0.25, -0.2) is 9.78 Å². The van der Waals surface area contributed by atoms with Gasteiger partial charge in [0.2, 0.25) is 0 Å². The van der Waals surface area contributed by atoms with Crippen molar-refractivity contribution >= 4 is 29.1 Å². The van der Waals surface area contributed by atoms with Crippen LogP contribution in [-0.2, 0) is 10.3 Å². The Morgan fingerprint density at radius 3 is 2.57 bits per heavy atom. The molecule has 1 aromatic carbocycles. The summed E-state index contributed by atoms with van der Waals surface area (Å²) < 4.78 is 1.91. The Morgan fingerprint density at radius 1 is 1.20 bits per heavy atom. The van der Waals surface area contributed by atoms with E-state index in [1.54, 1.807) is 12.3 Å². The number of aromatic nitrogens is 2. The first-order valence-corrected chi connectivity index (χ1v) is 10.6. The van der Waals surface area contributed by atoms with Crippen molar-refractivity contribution in [3.8, 4) is 5.13 Å². The highest BCUT2D eigenvalue weighted by atomic mass is 32.1. The molecular weight excluding hydrogens is 400 g/mol. The van der Waals surface area contributed by atoms with Crippen molar-refractivity contribution in [2.45, 2.75) is 32.7 Å². The van der Waals surface area contributed by atoms with Crippen molar-refractivity contribution in [2.24, 2.45) is 0 Å². The van der Waals surface area contributed by atoms with E-state index in [2.05, 4.69) is 10.3 Å². The molecule has 1 unspecified atom stereocenters. The van der Waals surface area contributed by atoms with Crippen LogP contribution >= 0.6 is 11.3 Å². The van der Waals surface area contributed by atoms with Crippen LogP contribution in [0.5, 0.6) is 0 Å². The predicted molar refractivity (Wildman–Crippen MR) is 114 cm³/mol. The quantitative estimate of drug-likeness (QED) is 0.486. The number of nitrogens with zero attached hydrogens (tertiary/aromatic N) is 3. The fourth-order valence-electron chi connectivity index (χ4n) is 4.03. The lowest BCUT2D eigenvalue weighted by Gasteiger charge is -2.25. The molecule has 1 N–H and O–H groups in total. The molecular formula is C22H22N4O3S. The highest BCUT2D eigenvalue weighted by Crippen LogP contribution is 2.32. The second-order valence-electron chi connectivity index (χ2n) is 7.30. The smallest absolute Gasteiger partial charge is 0.319 e. The number of imide groups is 1. The minimum absolute atomic E-state index is 0.283. The van der Waals surface area contributed by atoms with Gasteiger partial charge in [-0.2, -0.15) is 0 Å². The molecule has 0 bridgehead atoms. The summed E-state index contributed by atoms with van der Waals surface area (Å²) in [5.41, 5.74) is 1.66. The van der Waals surface area contributed by atoms with Gasteiger partial charge in [0.15, 0.2) is 10.9 Å². The van der Waals surface area contributed by atoms with Crippen molar-refractivity contribution in [3.05, 3.63) is 70.5 Å². The van der Waals surface area contributed by atoms with E-state index >= 15 is 0 Å². The van der Waals surface area contributed by atoms with E-state index in [1.807, 2.05) is 61.1 Å². The molecule has 1 aliphatic rings. The van der Waals surface area contributed by atoms with Gasteiger partial charge >= 0.3 is 6.03 Å². The minimum atomic E-state index is -1.14. The molecule has 3 amide bonds. The lowest BCUT2D eigenvalue weighted by atomic mass is 9.87. The number of Topliss-reactive ketones (excluding diaryl/α,β-unsaturated/α-hetero) is 1. The van der Waals surface area contributed by atoms with E-state index in [-0.39, 0.29) is 12.3 Å². The number of benzene rings is 1. The molecule has 30 heavy (non-hydrogen) atoms. The van der Waals surface area contributed by atoms with Gasteiger partial charge in [0.1, 0.15) is 5.54 Å². The maximum Gasteiger partial charge on any atom is 0.325 e. The highest BCUT2D eigenvalue weighted by Gasteiger charge is 2.51. The maximum absolute atomic E-state index is 13.3. The monoisotopic (exact) mass is 422 g/mol. The largest absolute Gasteiger partial charge is 0.325 e. The van der Waals surface area contributed by atoms with Crippen molar-refractivity contribution in [2.75, 3.05) is 6.54 Å². The van der Waals surface area contributed by atoms with Gasteiger partial charge in [-0.3, -0.25) is 19.1 Å². The number of thiazole rings is 1. The Hall–Kier alpha value is -3.26. The first-order chi connectivity index (χ1) is 14.4. The van der Waals surface area contributed by atoms with E-state index < -0.39 is 17.5 Å². The first-order valence-electron chi connectivity index (χ1n) is 9.70. The number of carbonyl (C=O) groups is 3. The van der Waals surface area contributed by atoms with E-state index in [1.165, 1.54) is 11.3 Å². The van der Waals surface area contributed by atoms with E-state index in [9.17, 15) is 14.4 Å². The SMILES string of the molecule is CCC1(c2ccccc2)NC(=O)N(CC(=O)c2cc(C)n(-c3nccs3)c2C)C1=O. The third kappa shape index (κ3) is 3.04. The lowest BCUT2D eigenvalue weighted by Crippen LogP contribution is -2.43. The fourth-order valence-corrected chi connectivity index (χ4v) is 4.78. The van der Waals surface area contributed by atoms with Gasteiger partial charge in [0.25, 0.3) is 5.91 Å². The molecule has 1 saturated heterocycles. The average Bonchev–Trinajstić information content (AvgIpc) is 3.42. The molecule has 2 aromatic heterocycles. The van der Waals surface area contributed by atoms with Gasteiger partial charge in [0.05, 0.1) is 6.54 Å². The van der Waals surface area contributed by atoms with Crippen LogP contribution in [0.4, 0.5) is 4.79 Å². The van der Waals surface area contributed by atoms with E-state index in [0.717, 1.165) is 21.4 Å². The highest BCUT2D eigenvalue weighted by molar-refractivity contribution is 7.12. The normalized spacial score (nSPS) is 18.7. The third-order valence-electron chi connectivity index (χ3n) is 5.62. The molecule has 154 valence electrons. The number of aryl methyl sites for hydroxylation is 1. The number of urea groups is 1. The zero-order valence-electron chi connectivity index (χ0n) is 17.0. The molecule has 1 fully saturated rings. The molecule has 3 aromatic rings. The molecule has 0 aliphatic carbocycles. The van der Waals surface area contributed by atoms with Gasteiger partial charge in [-0.1, -0.05) is 37.3 Å². The van der Waals surface area contributed by atoms with Gasteiger partial charge in [-0.05, 0) is 31.9 Å². The second-order valence-corrected chi connectivity index (χ2v) is 8.18. The van der Waals surface area contributed by atoms with Gasteiger partial charge in [0, 0.05) is 28.5 Å². The summed E-state index contributed by atoms with van der Waals surface area (Å²) in [5, 5.41) is 5.46. The van der Waals surface area contributed by atoms with Crippen LogP contribution < -0.4 is 5.32 Å². The Labute approximate surface area is 178 Å². The van der Waals surface area contributed by atoms with Crippen molar-refractivity contribution < 1.29 is 14.4 Å². The number of ketones is 1. The Kier molecular flexibility index (Phi) is 5.03. The van der Waals surface area contributed by atoms with Gasteiger partial charge in [-0.15, -0.1) is 11.3 Å². The molecule has 8 heteroatoms. The summed E-state index contributed by atoms with van der Waals surface area (Å²) in [4.78, 5) is 44.3. The summed E-state index contributed by atoms with van der Waals surface area (Å²) in [7, 11) is 0. The van der Waals surface area contributed by atoms with Crippen molar-refractivity contribution in [1.29, 1.82) is 0 Å². The van der Waals surface area contributed by atoms with Crippen LogP contribution in [0.15, 0.2) is 48.0 Å². The first kappa shape index (κ1) is 20.0. The van der Waals surface area contributed by atoms with Crippen LogP contribution in [-0.4, -0.2) is 38.7 Å². The summed E-state index contributed by atoms with van der Waals surface area (Å²) in [6.07, 6.45) is 2.10. The van der Waals surface area contributed by atoms with Crippen LogP contribution in [0.2, 0.25) is 0 Å². The van der Waals surface area contributed by atoms with Crippen molar-refractivity contribution in [1.82, 2.24) is 19.8 Å². The molecule has 7 nitrogen and oxygen atoms in total. The summed E-state index contributed by atoms with van der Waals surface area (Å²) in [6.45, 7) is 5.28. The Morgan fingerprint density at radius 2 is 1.93 bits per heavy atom. The molecule has 0 saturated carbocycles. The molecule has 0 spiro atoms. The fraction of sp³-hybridized carbons (Fsp3) is 0.273. The van der Waals surface area contributed by atoms with E-state index in [0.29, 0.717) is 17.5 Å². The standard InChI is InChI=1S/C22H22N4O3S/c1-4-22(16-8-6-5-7-9-16)19(28)25(20(29)24-22)13-18(27)17-12-14(2)26(15(17)3)21-23-10-11-30-21/h5-12H,4,13H2,1-3H3,(H,24,29). The maximum atomic E-state index is 13.3. The molecule has 4 rings (SSSR count). The molecule has 3 heterocycles. The topological polar surface area (TPSA) is 84.3 Å². The van der Waals surface area contributed by atoms with Crippen LogP contribution in [0.1, 0.15) is 40.7 Å². The van der Waals surface area contributed by atoms with Gasteiger partial charge < -0.3 is 5.32 Å².